The van der Waals surface area contributed by atoms with Crippen LogP contribution in [0.3, 0.4) is 0 Å². The first kappa shape index (κ1) is 19.1. The van der Waals surface area contributed by atoms with Gasteiger partial charge in [-0.05, 0) is 36.6 Å². The maximum Gasteiger partial charge on any atom is 0.225 e. The Morgan fingerprint density at radius 2 is 2.00 bits per heavy atom. The highest BCUT2D eigenvalue weighted by Crippen LogP contribution is 2.27. The molecule has 29 heavy (non-hydrogen) atoms. The van der Waals surface area contributed by atoms with Crippen molar-refractivity contribution < 1.29 is 18.4 Å². The lowest BCUT2D eigenvalue weighted by molar-refractivity contribution is -0.121. The van der Waals surface area contributed by atoms with E-state index < -0.39 is 0 Å². The second-order valence-corrected chi connectivity index (χ2v) is 7.57. The van der Waals surface area contributed by atoms with Gasteiger partial charge in [0.1, 0.15) is 22.9 Å². The summed E-state index contributed by atoms with van der Waals surface area (Å²) >= 11 is 0. The lowest BCUT2D eigenvalue weighted by Gasteiger charge is -2.17. The first-order valence-electron chi connectivity index (χ1n) is 9.72. The van der Waals surface area contributed by atoms with Gasteiger partial charge in [-0.3, -0.25) is 4.79 Å². The molecule has 2 aromatic carbocycles. The molecule has 2 heterocycles. The van der Waals surface area contributed by atoms with E-state index in [1.54, 1.807) is 13.4 Å². The quantitative estimate of drug-likeness (QED) is 0.477. The summed E-state index contributed by atoms with van der Waals surface area (Å²) in [5.74, 6) is 1.53. The lowest BCUT2D eigenvalue weighted by Crippen LogP contribution is -2.31. The third kappa shape index (κ3) is 4.11. The Labute approximate surface area is 168 Å². The molecular weight excluding hydrogens is 368 g/mol. The summed E-state index contributed by atoms with van der Waals surface area (Å²) in [5.41, 5.74) is 3.05. The zero-order valence-electron chi connectivity index (χ0n) is 16.8. The van der Waals surface area contributed by atoms with Crippen molar-refractivity contribution in [1.82, 2.24) is 10.3 Å². The molecule has 0 bridgehead atoms. The largest absolute Gasteiger partial charge is 0.497 e. The fraction of sp³-hybridized carbons (Fsp3) is 0.304. The van der Waals surface area contributed by atoms with Gasteiger partial charge in [0.05, 0.1) is 19.8 Å². The van der Waals surface area contributed by atoms with Crippen LogP contribution in [0.25, 0.3) is 22.1 Å². The first-order chi connectivity index (χ1) is 14.0. The van der Waals surface area contributed by atoms with Gasteiger partial charge in [0.25, 0.3) is 0 Å². The zero-order valence-corrected chi connectivity index (χ0v) is 16.8. The van der Waals surface area contributed by atoms with E-state index in [2.05, 4.69) is 24.1 Å². The molecule has 6 heteroatoms. The minimum absolute atomic E-state index is 0.101. The normalized spacial score (nSPS) is 12.6. The van der Waals surface area contributed by atoms with Crippen LogP contribution in [0, 0.1) is 5.92 Å². The molecule has 2 aromatic heterocycles. The Morgan fingerprint density at radius 1 is 1.17 bits per heavy atom. The van der Waals surface area contributed by atoms with E-state index in [9.17, 15) is 4.79 Å². The summed E-state index contributed by atoms with van der Waals surface area (Å²) < 4.78 is 16.7. The number of nitrogens with zero attached hydrogens (tertiary/aromatic N) is 1. The van der Waals surface area contributed by atoms with Gasteiger partial charge >= 0.3 is 0 Å². The number of carbonyl (C=O) groups is 1. The Balaban J connectivity index is 1.53. The molecule has 1 atom stereocenters. The Bertz CT molecular complexity index is 1110. The summed E-state index contributed by atoms with van der Waals surface area (Å²) in [6.45, 7) is 4.22. The highest BCUT2D eigenvalue weighted by Gasteiger charge is 2.22. The summed E-state index contributed by atoms with van der Waals surface area (Å²) in [6, 6.07) is 12.9. The number of oxazole rings is 1. The number of nitrogens with one attached hydrogen (secondary N) is 1. The minimum atomic E-state index is -0.284. The van der Waals surface area contributed by atoms with Crippen LogP contribution in [0.1, 0.15) is 37.8 Å². The van der Waals surface area contributed by atoms with Crippen molar-refractivity contribution in [3.8, 4) is 5.75 Å². The van der Waals surface area contributed by atoms with Crippen molar-refractivity contribution in [1.29, 1.82) is 0 Å². The van der Waals surface area contributed by atoms with Crippen molar-refractivity contribution in [2.24, 2.45) is 5.92 Å². The summed E-state index contributed by atoms with van der Waals surface area (Å²) in [5, 5.41) is 4.00. The predicted molar refractivity (Wildman–Crippen MR) is 111 cm³/mol. The minimum Gasteiger partial charge on any atom is -0.497 e. The topological polar surface area (TPSA) is 77.5 Å². The molecule has 1 amide bonds. The molecule has 150 valence electrons. The lowest BCUT2D eigenvalue weighted by atomic mass is 10.0. The van der Waals surface area contributed by atoms with Gasteiger partial charge < -0.3 is 18.9 Å². The van der Waals surface area contributed by atoms with Crippen LogP contribution in [0.5, 0.6) is 5.75 Å². The molecule has 0 radical (unpaired) electrons. The molecule has 1 N–H and O–H groups in total. The fourth-order valence-electron chi connectivity index (χ4n) is 3.48. The van der Waals surface area contributed by atoms with Crippen molar-refractivity contribution >= 4 is 28.0 Å². The van der Waals surface area contributed by atoms with E-state index in [-0.39, 0.29) is 18.4 Å². The van der Waals surface area contributed by atoms with Crippen molar-refractivity contribution in [3.05, 3.63) is 60.2 Å². The number of hydrogen-bond acceptors (Lipinski definition) is 5. The molecular formula is C23H24N2O4. The Hall–Kier alpha value is -3.28. The second-order valence-electron chi connectivity index (χ2n) is 7.57. The van der Waals surface area contributed by atoms with Gasteiger partial charge in [-0.25, -0.2) is 4.98 Å². The number of methoxy groups -OCH3 is 1. The molecule has 6 nitrogen and oxygen atoms in total. The van der Waals surface area contributed by atoms with Crippen LogP contribution in [-0.4, -0.2) is 18.0 Å². The van der Waals surface area contributed by atoms with Gasteiger partial charge in [0.15, 0.2) is 5.58 Å². The van der Waals surface area contributed by atoms with E-state index >= 15 is 0 Å². The Morgan fingerprint density at radius 3 is 2.76 bits per heavy atom. The molecule has 0 aliphatic carbocycles. The van der Waals surface area contributed by atoms with Crippen molar-refractivity contribution in [2.75, 3.05) is 7.11 Å². The molecule has 0 aliphatic heterocycles. The van der Waals surface area contributed by atoms with Crippen molar-refractivity contribution in [2.45, 2.75) is 32.7 Å². The van der Waals surface area contributed by atoms with Crippen molar-refractivity contribution in [3.63, 3.8) is 0 Å². The van der Waals surface area contributed by atoms with E-state index in [0.29, 0.717) is 17.4 Å². The standard InChI is InChI=1S/C23H24N2O4/c1-14(2)10-19(23-25-18-6-4-5-7-20(18)29-23)24-22(26)11-15-13-28-21-12-16(27-3)8-9-17(15)21/h4-9,12-14,19H,10-11H2,1-3H3,(H,24,26)/t19-/m1/s1. The molecule has 0 aliphatic rings. The summed E-state index contributed by atoms with van der Waals surface area (Å²) in [4.78, 5) is 17.4. The fourth-order valence-corrected chi connectivity index (χ4v) is 3.48. The third-order valence-corrected chi connectivity index (χ3v) is 4.86. The second kappa shape index (κ2) is 7.99. The van der Waals surface area contributed by atoms with Crippen LogP contribution >= 0.6 is 0 Å². The van der Waals surface area contributed by atoms with Crippen LogP contribution < -0.4 is 10.1 Å². The number of benzene rings is 2. The number of hydrogen-bond donors (Lipinski definition) is 1. The molecule has 4 rings (SSSR count). The molecule has 0 saturated carbocycles. The first-order valence-corrected chi connectivity index (χ1v) is 9.72. The molecule has 0 unspecified atom stereocenters. The van der Waals surface area contributed by atoms with Crippen LogP contribution in [0.15, 0.2) is 57.6 Å². The average molecular weight is 392 g/mol. The van der Waals surface area contributed by atoms with Gasteiger partial charge in [-0.1, -0.05) is 26.0 Å². The number of fused-ring (bicyclic) bond motifs is 2. The maximum absolute atomic E-state index is 12.8. The maximum atomic E-state index is 12.8. The summed E-state index contributed by atoms with van der Waals surface area (Å²) in [7, 11) is 1.61. The molecule has 4 aromatic rings. The monoisotopic (exact) mass is 392 g/mol. The SMILES string of the molecule is COc1ccc2c(CC(=O)N[C@H](CC(C)C)c3nc4ccccc4o3)coc2c1. The number of furan rings is 1. The van der Waals surface area contributed by atoms with E-state index in [0.717, 1.165) is 34.2 Å². The number of rotatable bonds is 7. The third-order valence-electron chi connectivity index (χ3n) is 4.86. The number of amides is 1. The number of para-hydroxylation sites is 2. The van der Waals surface area contributed by atoms with E-state index in [1.807, 2.05) is 42.5 Å². The van der Waals surface area contributed by atoms with Crippen LogP contribution in [-0.2, 0) is 11.2 Å². The molecule has 0 fully saturated rings. The molecule has 0 saturated heterocycles. The highest BCUT2D eigenvalue weighted by atomic mass is 16.5. The van der Waals surface area contributed by atoms with Crippen LogP contribution in [0.4, 0.5) is 0 Å². The van der Waals surface area contributed by atoms with E-state index in [1.165, 1.54) is 0 Å². The predicted octanol–water partition coefficient (Wildman–Crippen LogP) is 5.03. The van der Waals surface area contributed by atoms with Gasteiger partial charge in [-0.2, -0.15) is 0 Å². The van der Waals surface area contributed by atoms with Gasteiger partial charge in [-0.15, -0.1) is 0 Å². The Kier molecular flexibility index (Phi) is 5.25. The average Bonchev–Trinajstić information content (AvgIpc) is 3.31. The summed E-state index contributed by atoms with van der Waals surface area (Å²) in [6.07, 6.45) is 2.58. The number of ether oxygens (including phenoxy) is 1. The zero-order chi connectivity index (χ0) is 20.4. The van der Waals surface area contributed by atoms with Gasteiger partial charge in [0.2, 0.25) is 11.8 Å². The van der Waals surface area contributed by atoms with Gasteiger partial charge in [0, 0.05) is 17.0 Å². The van der Waals surface area contributed by atoms with Crippen LogP contribution in [0.2, 0.25) is 0 Å². The smallest absolute Gasteiger partial charge is 0.225 e. The number of aromatic nitrogens is 1. The number of carbonyl (C=O) groups excluding carboxylic acids is 1. The molecule has 0 spiro atoms. The van der Waals surface area contributed by atoms with E-state index in [4.69, 9.17) is 13.6 Å². The highest BCUT2D eigenvalue weighted by molar-refractivity contribution is 5.88.